The summed E-state index contributed by atoms with van der Waals surface area (Å²) in [6.07, 6.45) is 3.90. The fourth-order valence-electron chi connectivity index (χ4n) is 3.48. The third-order valence-electron chi connectivity index (χ3n) is 5.24. The van der Waals surface area contributed by atoms with Crippen molar-refractivity contribution in [3.05, 3.63) is 65.7 Å². The molecule has 0 unspecified atom stereocenters. The molecule has 2 aromatic rings. The van der Waals surface area contributed by atoms with Crippen molar-refractivity contribution < 1.29 is 13.2 Å². The number of hydrogen-bond donors (Lipinski definition) is 1. The summed E-state index contributed by atoms with van der Waals surface area (Å²) in [6, 6.07) is 16.3. The van der Waals surface area contributed by atoms with Crippen molar-refractivity contribution in [3.8, 4) is 0 Å². The Balaban J connectivity index is 1.69. The van der Waals surface area contributed by atoms with Gasteiger partial charge in [-0.3, -0.25) is 4.79 Å². The van der Waals surface area contributed by atoms with Crippen LogP contribution in [0, 0.1) is 0 Å². The van der Waals surface area contributed by atoms with E-state index in [1.165, 1.54) is 6.07 Å². The smallest absolute Gasteiger partial charge is 0.251 e. The average molecular weight is 401 g/mol. The van der Waals surface area contributed by atoms with E-state index in [1.807, 2.05) is 30.3 Å². The molecule has 0 aromatic heterocycles. The summed E-state index contributed by atoms with van der Waals surface area (Å²) >= 11 is 0. The number of carbonyl (C=O) groups excluding carboxylic acids is 1. The normalized spacial score (nSPS) is 16.9. The lowest BCUT2D eigenvalue weighted by Gasteiger charge is -2.20. The van der Waals surface area contributed by atoms with Crippen LogP contribution >= 0.6 is 0 Å². The van der Waals surface area contributed by atoms with E-state index in [0.717, 1.165) is 31.2 Å². The zero-order valence-electron chi connectivity index (χ0n) is 16.3. The molecule has 5 nitrogen and oxygen atoms in total. The van der Waals surface area contributed by atoms with Crippen LogP contribution in [0.2, 0.25) is 0 Å². The molecule has 0 aliphatic carbocycles. The van der Waals surface area contributed by atoms with Crippen molar-refractivity contribution in [1.82, 2.24) is 9.62 Å². The van der Waals surface area contributed by atoms with Gasteiger partial charge in [-0.2, -0.15) is 4.31 Å². The summed E-state index contributed by atoms with van der Waals surface area (Å²) in [6.45, 7) is 3.64. The van der Waals surface area contributed by atoms with Gasteiger partial charge in [0, 0.05) is 25.2 Å². The third kappa shape index (κ3) is 5.00. The second-order valence-electron chi connectivity index (χ2n) is 7.37. The monoisotopic (exact) mass is 400 g/mol. The van der Waals surface area contributed by atoms with Gasteiger partial charge in [-0.25, -0.2) is 8.42 Å². The lowest BCUT2D eigenvalue weighted by Crippen LogP contribution is -2.32. The topological polar surface area (TPSA) is 66.5 Å². The van der Waals surface area contributed by atoms with E-state index in [2.05, 4.69) is 12.2 Å². The molecule has 2 aromatic carbocycles. The number of carbonyl (C=O) groups is 1. The van der Waals surface area contributed by atoms with Gasteiger partial charge in [-0.1, -0.05) is 56.2 Å². The van der Waals surface area contributed by atoms with Crippen LogP contribution in [0.5, 0.6) is 0 Å². The minimum Gasteiger partial charge on any atom is -0.351 e. The van der Waals surface area contributed by atoms with E-state index in [-0.39, 0.29) is 16.7 Å². The second-order valence-corrected chi connectivity index (χ2v) is 9.31. The molecule has 1 amide bonds. The Labute approximate surface area is 167 Å². The van der Waals surface area contributed by atoms with Crippen LogP contribution in [-0.4, -0.2) is 38.3 Å². The molecule has 6 heteroatoms. The van der Waals surface area contributed by atoms with E-state index in [1.54, 1.807) is 22.5 Å². The quantitative estimate of drug-likeness (QED) is 0.802. The van der Waals surface area contributed by atoms with Gasteiger partial charge in [0.25, 0.3) is 5.91 Å². The van der Waals surface area contributed by atoms with Gasteiger partial charge in [-0.15, -0.1) is 0 Å². The lowest BCUT2D eigenvalue weighted by atomic mass is 10.0. The zero-order valence-corrected chi connectivity index (χ0v) is 17.1. The molecule has 1 N–H and O–H groups in total. The molecule has 0 radical (unpaired) electrons. The maximum Gasteiger partial charge on any atom is 0.251 e. The van der Waals surface area contributed by atoms with Crippen molar-refractivity contribution in [1.29, 1.82) is 0 Å². The van der Waals surface area contributed by atoms with Crippen molar-refractivity contribution >= 4 is 15.9 Å². The number of amides is 1. The van der Waals surface area contributed by atoms with Gasteiger partial charge in [0.2, 0.25) is 10.0 Å². The molecular formula is C22H28N2O3S. The van der Waals surface area contributed by atoms with Gasteiger partial charge in [-0.05, 0) is 42.5 Å². The first-order valence-corrected chi connectivity index (χ1v) is 11.4. The van der Waals surface area contributed by atoms with Crippen LogP contribution in [0.4, 0.5) is 0 Å². The average Bonchev–Trinajstić information content (AvgIpc) is 3.02. The first-order chi connectivity index (χ1) is 13.5. The molecule has 1 aliphatic heterocycles. The Morgan fingerprint density at radius 2 is 1.68 bits per heavy atom. The standard InChI is InChI=1S/C22H28N2O3S/c1-18(19-10-5-4-6-11-19)17-23-22(25)20-12-9-13-21(16-20)28(26,27)24-14-7-2-3-8-15-24/h4-6,9-13,16,18H,2-3,7-8,14-15,17H2,1H3,(H,23,25)/t18-/m0/s1. The second kappa shape index (κ2) is 9.34. The van der Waals surface area contributed by atoms with Gasteiger partial charge in [0.05, 0.1) is 4.90 Å². The predicted octanol–water partition coefficient (Wildman–Crippen LogP) is 3.78. The zero-order chi connectivity index (χ0) is 20.0. The molecule has 0 saturated carbocycles. The maximum absolute atomic E-state index is 13.0. The number of nitrogens with zero attached hydrogens (tertiary/aromatic N) is 1. The van der Waals surface area contributed by atoms with E-state index in [0.29, 0.717) is 25.2 Å². The summed E-state index contributed by atoms with van der Waals surface area (Å²) in [5.74, 6) is -0.0788. The third-order valence-corrected chi connectivity index (χ3v) is 7.13. The number of rotatable bonds is 6. The molecule has 1 saturated heterocycles. The number of sulfonamides is 1. The fourth-order valence-corrected chi connectivity index (χ4v) is 5.04. The van der Waals surface area contributed by atoms with Crippen LogP contribution in [0.25, 0.3) is 0 Å². The molecule has 1 aliphatic rings. The van der Waals surface area contributed by atoms with Crippen LogP contribution in [0.1, 0.15) is 54.4 Å². The summed E-state index contributed by atoms with van der Waals surface area (Å²) in [4.78, 5) is 12.8. The lowest BCUT2D eigenvalue weighted by molar-refractivity contribution is 0.0951. The number of hydrogen-bond acceptors (Lipinski definition) is 3. The van der Waals surface area contributed by atoms with Gasteiger partial charge < -0.3 is 5.32 Å². The van der Waals surface area contributed by atoms with Gasteiger partial charge in [0.1, 0.15) is 0 Å². The molecule has 1 heterocycles. The fraction of sp³-hybridized carbons (Fsp3) is 0.409. The van der Waals surface area contributed by atoms with E-state index in [4.69, 9.17) is 0 Å². The summed E-state index contributed by atoms with van der Waals surface area (Å²) in [5.41, 5.74) is 1.52. The van der Waals surface area contributed by atoms with Gasteiger partial charge in [0.15, 0.2) is 0 Å². The summed E-state index contributed by atoms with van der Waals surface area (Å²) in [5, 5.41) is 2.92. The Hall–Kier alpha value is -2.18. The number of nitrogens with one attached hydrogen (secondary N) is 1. The summed E-state index contributed by atoms with van der Waals surface area (Å²) in [7, 11) is -3.56. The number of benzene rings is 2. The van der Waals surface area contributed by atoms with E-state index < -0.39 is 10.0 Å². The Kier molecular flexibility index (Phi) is 6.86. The van der Waals surface area contributed by atoms with Crippen molar-refractivity contribution in [2.24, 2.45) is 0 Å². The maximum atomic E-state index is 13.0. The molecule has 0 bridgehead atoms. The van der Waals surface area contributed by atoms with Crippen LogP contribution in [-0.2, 0) is 10.0 Å². The molecule has 28 heavy (non-hydrogen) atoms. The van der Waals surface area contributed by atoms with E-state index in [9.17, 15) is 13.2 Å². The molecular weight excluding hydrogens is 372 g/mol. The van der Waals surface area contributed by atoms with Crippen LogP contribution in [0.3, 0.4) is 0 Å². The molecule has 1 atom stereocenters. The minimum atomic E-state index is -3.56. The van der Waals surface area contributed by atoms with Crippen LogP contribution < -0.4 is 5.32 Å². The van der Waals surface area contributed by atoms with Gasteiger partial charge >= 0.3 is 0 Å². The SMILES string of the molecule is C[C@@H](CNC(=O)c1cccc(S(=O)(=O)N2CCCCCC2)c1)c1ccccc1. The summed E-state index contributed by atoms with van der Waals surface area (Å²) < 4.78 is 27.5. The Bertz CT molecular complexity index is 889. The molecule has 3 rings (SSSR count). The Morgan fingerprint density at radius 1 is 1.00 bits per heavy atom. The van der Waals surface area contributed by atoms with E-state index >= 15 is 0 Å². The Morgan fingerprint density at radius 3 is 2.36 bits per heavy atom. The highest BCUT2D eigenvalue weighted by Gasteiger charge is 2.25. The van der Waals surface area contributed by atoms with Crippen LogP contribution in [0.15, 0.2) is 59.5 Å². The molecule has 1 fully saturated rings. The highest BCUT2D eigenvalue weighted by molar-refractivity contribution is 7.89. The predicted molar refractivity (Wildman–Crippen MR) is 111 cm³/mol. The van der Waals surface area contributed by atoms with Crippen molar-refractivity contribution in [2.45, 2.75) is 43.4 Å². The first kappa shape index (κ1) is 20.6. The molecule has 0 spiro atoms. The highest BCUT2D eigenvalue weighted by Crippen LogP contribution is 2.21. The molecule has 150 valence electrons. The minimum absolute atomic E-state index is 0.175. The van der Waals surface area contributed by atoms with Crippen molar-refractivity contribution in [2.75, 3.05) is 19.6 Å². The van der Waals surface area contributed by atoms with Crippen molar-refractivity contribution in [3.63, 3.8) is 0 Å². The first-order valence-electron chi connectivity index (χ1n) is 9.92. The highest BCUT2D eigenvalue weighted by atomic mass is 32.2. The largest absolute Gasteiger partial charge is 0.351 e.